The van der Waals surface area contributed by atoms with Gasteiger partial charge in [0.25, 0.3) is 0 Å². The number of halogens is 4. The van der Waals surface area contributed by atoms with Crippen LogP contribution in [-0.4, -0.2) is 13.3 Å². The fourth-order valence-electron chi connectivity index (χ4n) is 2.20. The van der Waals surface area contributed by atoms with Crippen LogP contribution in [0.3, 0.4) is 0 Å². The third-order valence-electron chi connectivity index (χ3n) is 3.57. The number of aryl methyl sites for hydroxylation is 1. The number of alkyl halides is 3. The fraction of sp³-hybridized carbons (Fsp3) is 0.278. The maximum atomic E-state index is 14.0. The van der Waals surface area contributed by atoms with Gasteiger partial charge < -0.3 is 14.2 Å². The lowest BCUT2D eigenvalue weighted by molar-refractivity contribution is -0.139. The number of carbonyl (C=O) groups is 1. The molecule has 4 nitrogen and oxygen atoms in total. The van der Waals surface area contributed by atoms with E-state index in [9.17, 15) is 22.4 Å². The molecule has 0 fully saturated rings. The van der Waals surface area contributed by atoms with Crippen LogP contribution in [0, 0.1) is 5.82 Å². The van der Waals surface area contributed by atoms with Gasteiger partial charge in [0, 0.05) is 0 Å². The van der Waals surface area contributed by atoms with Gasteiger partial charge in [-0.1, -0.05) is 19.1 Å². The lowest BCUT2D eigenvalue weighted by Crippen LogP contribution is -2.12. The van der Waals surface area contributed by atoms with E-state index in [2.05, 4.69) is 4.74 Å². The number of ether oxygens (including phenoxy) is 3. The van der Waals surface area contributed by atoms with E-state index in [-0.39, 0.29) is 11.3 Å². The second-order valence-electron chi connectivity index (χ2n) is 5.24. The van der Waals surface area contributed by atoms with Gasteiger partial charge in [0.2, 0.25) is 0 Å². The van der Waals surface area contributed by atoms with E-state index in [1.54, 1.807) is 6.92 Å². The Balaban J connectivity index is 2.31. The molecule has 2 aromatic rings. The molecule has 0 bridgehead atoms. The summed E-state index contributed by atoms with van der Waals surface area (Å²) in [6.07, 6.45) is -5.28. The molecule has 0 amide bonds. The van der Waals surface area contributed by atoms with Crippen LogP contribution in [0.25, 0.3) is 0 Å². The summed E-state index contributed by atoms with van der Waals surface area (Å²) < 4.78 is 68.0. The lowest BCUT2D eigenvalue weighted by Gasteiger charge is -2.16. The van der Waals surface area contributed by atoms with Gasteiger partial charge in [0.05, 0.1) is 18.2 Å². The lowest BCUT2D eigenvalue weighted by atomic mass is 10.1. The molecule has 0 unspecified atom stereocenters. The van der Waals surface area contributed by atoms with Crippen LogP contribution in [0.4, 0.5) is 22.4 Å². The van der Waals surface area contributed by atoms with Crippen molar-refractivity contribution in [1.29, 1.82) is 0 Å². The number of carbonyl (C=O) groups excluding carboxylic acids is 1. The SMILES string of the molecule is CCc1ccc(OCc2c(F)cccc2OC(=O)OC)c(C(F)(F)F)c1. The van der Waals surface area contributed by atoms with Crippen molar-refractivity contribution in [3.63, 3.8) is 0 Å². The quantitative estimate of drug-likeness (QED) is 0.415. The van der Waals surface area contributed by atoms with Gasteiger partial charge in [-0.3, -0.25) is 0 Å². The van der Waals surface area contributed by atoms with Crippen molar-refractivity contribution in [2.45, 2.75) is 26.1 Å². The van der Waals surface area contributed by atoms with Crippen LogP contribution < -0.4 is 9.47 Å². The second-order valence-corrected chi connectivity index (χ2v) is 5.24. The molecular weight excluding hydrogens is 356 g/mol. The third kappa shape index (κ3) is 4.65. The Hall–Kier alpha value is -2.77. The Morgan fingerprint density at radius 2 is 1.85 bits per heavy atom. The van der Waals surface area contributed by atoms with Crippen LogP contribution in [0.15, 0.2) is 36.4 Å². The molecule has 0 saturated heterocycles. The average Bonchev–Trinajstić information content (AvgIpc) is 2.60. The average molecular weight is 372 g/mol. The highest BCUT2D eigenvalue weighted by molar-refractivity contribution is 5.64. The zero-order valence-corrected chi connectivity index (χ0v) is 14.0. The standard InChI is InChI=1S/C18H16F4O4/c1-3-11-7-8-16(13(9-11)18(20,21)22)25-10-12-14(19)5-4-6-15(12)26-17(23)24-2/h4-9H,3,10H2,1-2H3. The summed E-state index contributed by atoms with van der Waals surface area (Å²) in [6.45, 7) is 1.17. The second kappa shape index (κ2) is 8.07. The van der Waals surface area contributed by atoms with Crippen molar-refractivity contribution in [1.82, 2.24) is 0 Å². The van der Waals surface area contributed by atoms with E-state index in [0.29, 0.717) is 12.0 Å². The van der Waals surface area contributed by atoms with Gasteiger partial charge in [0.15, 0.2) is 0 Å². The molecule has 2 aromatic carbocycles. The first-order valence-electron chi connectivity index (χ1n) is 7.62. The molecule has 0 atom stereocenters. The molecule has 8 heteroatoms. The Morgan fingerprint density at radius 3 is 2.46 bits per heavy atom. The van der Waals surface area contributed by atoms with Crippen LogP contribution in [0.5, 0.6) is 11.5 Å². The molecule has 0 saturated carbocycles. The largest absolute Gasteiger partial charge is 0.513 e. The van der Waals surface area contributed by atoms with E-state index in [4.69, 9.17) is 9.47 Å². The molecule has 0 spiro atoms. The molecule has 0 aliphatic rings. The number of rotatable bonds is 5. The van der Waals surface area contributed by atoms with Crippen molar-refractivity contribution in [2.24, 2.45) is 0 Å². The van der Waals surface area contributed by atoms with E-state index in [0.717, 1.165) is 19.2 Å². The van der Waals surface area contributed by atoms with E-state index < -0.39 is 36.1 Å². The summed E-state index contributed by atoms with van der Waals surface area (Å²) in [5.74, 6) is -1.43. The zero-order valence-electron chi connectivity index (χ0n) is 14.0. The highest BCUT2D eigenvalue weighted by Crippen LogP contribution is 2.37. The molecule has 0 aliphatic carbocycles. The molecule has 26 heavy (non-hydrogen) atoms. The van der Waals surface area contributed by atoms with Gasteiger partial charge in [-0.25, -0.2) is 9.18 Å². The predicted octanol–water partition coefficient (Wildman–Crippen LogP) is 5.13. The van der Waals surface area contributed by atoms with E-state index in [1.807, 2.05) is 0 Å². The summed E-state index contributed by atoms with van der Waals surface area (Å²) in [5, 5.41) is 0. The molecule has 0 N–H and O–H groups in total. The van der Waals surface area contributed by atoms with E-state index in [1.165, 1.54) is 24.3 Å². The van der Waals surface area contributed by atoms with Crippen LogP contribution in [-0.2, 0) is 23.9 Å². The summed E-state index contributed by atoms with van der Waals surface area (Å²) in [4.78, 5) is 11.2. The minimum atomic E-state index is -4.62. The molecule has 0 aromatic heterocycles. The predicted molar refractivity (Wildman–Crippen MR) is 84.6 cm³/mol. The summed E-state index contributed by atoms with van der Waals surface area (Å²) in [7, 11) is 1.07. The number of hydrogen-bond acceptors (Lipinski definition) is 4. The highest BCUT2D eigenvalue weighted by Gasteiger charge is 2.34. The maximum Gasteiger partial charge on any atom is 0.513 e. The zero-order chi connectivity index (χ0) is 19.3. The minimum Gasteiger partial charge on any atom is -0.488 e. The fourth-order valence-corrected chi connectivity index (χ4v) is 2.20. The smallest absolute Gasteiger partial charge is 0.488 e. The van der Waals surface area contributed by atoms with Crippen LogP contribution >= 0.6 is 0 Å². The number of benzene rings is 2. The van der Waals surface area contributed by atoms with Gasteiger partial charge in [-0.15, -0.1) is 0 Å². The Labute approximate surface area is 147 Å². The Morgan fingerprint density at radius 1 is 1.12 bits per heavy atom. The Bertz CT molecular complexity index is 787. The number of methoxy groups -OCH3 is 1. The topological polar surface area (TPSA) is 44.8 Å². The first kappa shape index (κ1) is 19.6. The van der Waals surface area contributed by atoms with Gasteiger partial charge in [-0.05, 0) is 36.2 Å². The Kier molecular flexibility index (Phi) is 6.07. The van der Waals surface area contributed by atoms with Crippen molar-refractivity contribution >= 4 is 6.16 Å². The minimum absolute atomic E-state index is 0.199. The molecule has 0 radical (unpaired) electrons. The van der Waals surface area contributed by atoms with Crippen molar-refractivity contribution in [3.8, 4) is 11.5 Å². The van der Waals surface area contributed by atoms with Gasteiger partial charge >= 0.3 is 12.3 Å². The first-order chi connectivity index (χ1) is 12.3. The maximum absolute atomic E-state index is 14.0. The van der Waals surface area contributed by atoms with Crippen LogP contribution in [0.2, 0.25) is 0 Å². The van der Waals surface area contributed by atoms with E-state index >= 15 is 0 Å². The van der Waals surface area contributed by atoms with Crippen molar-refractivity contribution < 1.29 is 36.6 Å². The molecule has 0 aliphatic heterocycles. The van der Waals surface area contributed by atoms with Crippen LogP contribution in [0.1, 0.15) is 23.6 Å². The molecule has 2 rings (SSSR count). The van der Waals surface area contributed by atoms with Gasteiger partial charge in [0.1, 0.15) is 23.9 Å². The summed E-state index contributed by atoms with van der Waals surface area (Å²) in [5.41, 5.74) is -0.667. The first-order valence-corrected chi connectivity index (χ1v) is 7.62. The highest BCUT2D eigenvalue weighted by atomic mass is 19.4. The van der Waals surface area contributed by atoms with Crippen molar-refractivity contribution in [3.05, 3.63) is 58.9 Å². The summed E-state index contributed by atoms with van der Waals surface area (Å²) in [6, 6.07) is 7.31. The normalized spacial score (nSPS) is 11.2. The molecular formula is C18H16F4O4. The molecule has 140 valence electrons. The summed E-state index contributed by atoms with van der Waals surface area (Å²) >= 11 is 0. The monoisotopic (exact) mass is 372 g/mol. The molecule has 0 heterocycles. The van der Waals surface area contributed by atoms with Gasteiger partial charge in [-0.2, -0.15) is 13.2 Å². The van der Waals surface area contributed by atoms with Crippen molar-refractivity contribution in [2.75, 3.05) is 7.11 Å². The third-order valence-corrected chi connectivity index (χ3v) is 3.57. The number of hydrogen-bond donors (Lipinski definition) is 0.